The van der Waals surface area contributed by atoms with E-state index in [4.69, 9.17) is 16.7 Å². The predicted molar refractivity (Wildman–Crippen MR) is 44.7 cm³/mol. The Labute approximate surface area is 69.3 Å². The second-order valence-corrected chi connectivity index (χ2v) is 3.34. The minimum atomic E-state index is 0.135. The van der Waals surface area contributed by atoms with Crippen molar-refractivity contribution in [2.45, 2.75) is 13.0 Å². The Morgan fingerprint density at radius 2 is 2.40 bits per heavy atom. The summed E-state index contributed by atoms with van der Waals surface area (Å²) < 4.78 is 0. The molecule has 0 aromatic carbocycles. The molecule has 0 radical (unpaired) electrons. The number of aryl methyl sites for hydroxylation is 1. The summed E-state index contributed by atoms with van der Waals surface area (Å²) in [7, 11) is 0. The maximum atomic E-state index is 8.80. The predicted octanol–water partition coefficient (Wildman–Crippen LogP) is 2.02. The van der Waals surface area contributed by atoms with Gasteiger partial charge in [0.1, 0.15) is 0 Å². The molecular formula is C7H9ClOS. The van der Waals surface area contributed by atoms with Gasteiger partial charge in [0.25, 0.3) is 0 Å². The molecule has 1 nitrogen and oxygen atoms in total. The highest BCUT2D eigenvalue weighted by molar-refractivity contribution is 7.10. The van der Waals surface area contributed by atoms with Crippen molar-refractivity contribution in [2.75, 3.05) is 5.88 Å². The average Bonchev–Trinajstić information content (AvgIpc) is 2.36. The van der Waals surface area contributed by atoms with Crippen LogP contribution in [0.15, 0.2) is 11.4 Å². The van der Waals surface area contributed by atoms with Crippen LogP contribution >= 0.6 is 22.9 Å². The van der Waals surface area contributed by atoms with E-state index in [0.717, 1.165) is 12.0 Å². The summed E-state index contributed by atoms with van der Waals surface area (Å²) in [6.45, 7) is 0.135. The van der Waals surface area contributed by atoms with Crippen LogP contribution in [0.2, 0.25) is 0 Å². The number of hydrogen-bond acceptors (Lipinski definition) is 2. The third-order valence-electron chi connectivity index (χ3n) is 1.33. The second-order valence-electron chi connectivity index (χ2n) is 1.97. The van der Waals surface area contributed by atoms with E-state index in [1.54, 1.807) is 11.3 Å². The van der Waals surface area contributed by atoms with Crippen molar-refractivity contribution in [1.29, 1.82) is 0 Å². The molecule has 1 rings (SSSR count). The number of alkyl halides is 1. The maximum Gasteiger partial charge on any atom is 0.0692 e. The molecule has 0 aliphatic heterocycles. The minimum Gasteiger partial charge on any atom is -0.392 e. The first-order valence-electron chi connectivity index (χ1n) is 3.10. The van der Waals surface area contributed by atoms with Gasteiger partial charge < -0.3 is 5.11 Å². The van der Waals surface area contributed by atoms with E-state index in [-0.39, 0.29) is 6.61 Å². The average molecular weight is 177 g/mol. The quantitative estimate of drug-likeness (QED) is 0.699. The van der Waals surface area contributed by atoms with Crippen molar-refractivity contribution in [2.24, 2.45) is 0 Å². The summed E-state index contributed by atoms with van der Waals surface area (Å²) >= 11 is 7.20. The molecule has 10 heavy (non-hydrogen) atoms. The van der Waals surface area contributed by atoms with Crippen molar-refractivity contribution < 1.29 is 5.11 Å². The summed E-state index contributed by atoms with van der Waals surface area (Å²) in [4.78, 5) is 1.21. The maximum absolute atomic E-state index is 8.80. The van der Waals surface area contributed by atoms with Gasteiger partial charge in [-0.3, -0.25) is 0 Å². The van der Waals surface area contributed by atoms with E-state index >= 15 is 0 Å². The number of thiophene rings is 1. The molecule has 0 aliphatic rings. The van der Waals surface area contributed by atoms with Gasteiger partial charge in [-0.25, -0.2) is 0 Å². The fourth-order valence-corrected chi connectivity index (χ4v) is 2.01. The standard InChI is InChI=1S/C7H9ClOS/c8-3-1-7-6(5-9)2-4-10-7/h2,4,9H,1,3,5H2. The van der Waals surface area contributed by atoms with Crippen molar-refractivity contribution in [3.63, 3.8) is 0 Å². The summed E-state index contributed by atoms with van der Waals surface area (Å²) in [5.74, 6) is 0.632. The van der Waals surface area contributed by atoms with E-state index in [2.05, 4.69) is 0 Å². The SMILES string of the molecule is OCc1ccsc1CCCl. The number of rotatable bonds is 3. The summed E-state index contributed by atoms with van der Waals surface area (Å²) in [5, 5.41) is 10.8. The fourth-order valence-electron chi connectivity index (χ4n) is 0.813. The van der Waals surface area contributed by atoms with Crippen LogP contribution in [-0.2, 0) is 13.0 Å². The molecule has 0 amide bonds. The first-order chi connectivity index (χ1) is 4.88. The van der Waals surface area contributed by atoms with Gasteiger partial charge in [0, 0.05) is 10.8 Å². The van der Waals surface area contributed by atoms with E-state index in [1.807, 2.05) is 11.4 Å². The zero-order valence-electron chi connectivity index (χ0n) is 5.51. The molecule has 0 saturated carbocycles. The molecule has 0 atom stereocenters. The third kappa shape index (κ3) is 1.72. The number of halogens is 1. The van der Waals surface area contributed by atoms with Crippen LogP contribution in [0, 0.1) is 0 Å². The molecule has 1 heterocycles. The Bertz CT molecular complexity index is 197. The van der Waals surface area contributed by atoms with Gasteiger partial charge >= 0.3 is 0 Å². The summed E-state index contributed by atoms with van der Waals surface area (Å²) in [6, 6.07) is 1.94. The lowest BCUT2D eigenvalue weighted by Crippen LogP contribution is -1.88. The number of hydrogen-bond donors (Lipinski definition) is 1. The first-order valence-corrected chi connectivity index (χ1v) is 4.52. The van der Waals surface area contributed by atoms with Crippen molar-refractivity contribution in [1.82, 2.24) is 0 Å². The zero-order chi connectivity index (χ0) is 7.40. The van der Waals surface area contributed by atoms with Crippen LogP contribution in [0.1, 0.15) is 10.4 Å². The molecular weight excluding hydrogens is 168 g/mol. The Balaban J connectivity index is 2.70. The monoisotopic (exact) mass is 176 g/mol. The van der Waals surface area contributed by atoms with Crippen LogP contribution in [0.3, 0.4) is 0 Å². The Hall–Kier alpha value is -0.0500. The van der Waals surface area contributed by atoms with E-state index in [9.17, 15) is 0 Å². The molecule has 0 saturated heterocycles. The highest BCUT2D eigenvalue weighted by Crippen LogP contribution is 2.17. The van der Waals surface area contributed by atoms with Crippen LogP contribution in [0.5, 0.6) is 0 Å². The third-order valence-corrected chi connectivity index (χ3v) is 2.54. The smallest absolute Gasteiger partial charge is 0.0692 e. The number of aliphatic hydroxyl groups excluding tert-OH is 1. The van der Waals surface area contributed by atoms with Gasteiger partial charge in [0.15, 0.2) is 0 Å². The van der Waals surface area contributed by atoms with E-state index in [0.29, 0.717) is 5.88 Å². The van der Waals surface area contributed by atoms with Gasteiger partial charge in [-0.2, -0.15) is 0 Å². The molecule has 0 unspecified atom stereocenters. The molecule has 1 aromatic heterocycles. The van der Waals surface area contributed by atoms with Crippen molar-refractivity contribution >= 4 is 22.9 Å². The van der Waals surface area contributed by atoms with Crippen molar-refractivity contribution in [3.8, 4) is 0 Å². The zero-order valence-corrected chi connectivity index (χ0v) is 7.08. The van der Waals surface area contributed by atoms with Gasteiger partial charge in [-0.05, 0) is 23.4 Å². The van der Waals surface area contributed by atoms with Crippen LogP contribution in [0.25, 0.3) is 0 Å². The van der Waals surface area contributed by atoms with Gasteiger partial charge in [0.2, 0.25) is 0 Å². The lowest BCUT2D eigenvalue weighted by atomic mass is 10.2. The lowest BCUT2D eigenvalue weighted by molar-refractivity contribution is 0.281. The minimum absolute atomic E-state index is 0.135. The lowest BCUT2D eigenvalue weighted by Gasteiger charge is -1.94. The van der Waals surface area contributed by atoms with E-state index in [1.165, 1.54) is 4.88 Å². The molecule has 1 N–H and O–H groups in total. The summed E-state index contributed by atoms with van der Waals surface area (Å²) in [5.41, 5.74) is 1.02. The molecule has 1 aromatic rings. The van der Waals surface area contributed by atoms with Gasteiger partial charge in [-0.1, -0.05) is 0 Å². The van der Waals surface area contributed by atoms with Crippen LogP contribution in [0.4, 0.5) is 0 Å². The molecule has 0 spiro atoms. The Morgan fingerprint density at radius 1 is 1.60 bits per heavy atom. The normalized spacial score (nSPS) is 10.2. The molecule has 0 fully saturated rings. The van der Waals surface area contributed by atoms with Gasteiger partial charge in [0.05, 0.1) is 6.61 Å². The Morgan fingerprint density at radius 3 is 3.00 bits per heavy atom. The van der Waals surface area contributed by atoms with E-state index < -0.39 is 0 Å². The molecule has 3 heteroatoms. The highest BCUT2D eigenvalue weighted by atomic mass is 35.5. The number of aliphatic hydroxyl groups is 1. The highest BCUT2D eigenvalue weighted by Gasteiger charge is 2.00. The molecule has 0 bridgehead atoms. The largest absolute Gasteiger partial charge is 0.392 e. The Kier molecular flexibility index (Phi) is 3.19. The van der Waals surface area contributed by atoms with Crippen LogP contribution in [-0.4, -0.2) is 11.0 Å². The fraction of sp³-hybridized carbons (Fsp3) is 0.429. The summed E-state index contributed by atoms with van der Waals surface area (Å²) in [6.07, 6.45) is 0.870. The second kappa shape index (κ2) is 3.96. The van der Waals surface area contributed by atoms with Crippen LogP contribution < -0.4 is 0 Å². The molecule has 0 aliphatic carbocycles. The topological polar surface area (TPSA) is 20.2 Å². The first kappa shape index (κ1) is 8.05. The van der Waals surface area contributed by atoms with Crippen molar-refractivity contribution in [3.05, 3.63) is 21.9 Å². The van der Waals surface area contributed by atoms with Gasteiger partial charge in [-0.15, -0.1) is 22.9 Å². The molecule has 56 valence electrons.